The lowest BCUT2D eigenvalue weighted by Crippen LogP contribution is -2.42. The van der Waals surface area contributed by atoms with Crippen molar-refractivity contribution in [2.75, 3.05) is 33.3 Å². The van der Waals surface area contributed by atoms with Crippen molar-refractivity contribution in [1.82, 2.24) is 9.80 Å². The van der Waals surface area contributed by atoms with Crippen LogP contribution in [0.4, 0.5) is 0 Å². The van der Waals surface area contributed by atoms with Crippen molar-refractivity contribution < 1.29 is 9.90 Å². The minimum Gasteiger partial charge on any atom is -0.396 e. The highest BCUT2D eigenvalue weighted by Gasteiger charge is 2.23. The zero-order valence-electron chi connectivity index (χ0n) is 12.8. The van der Waals surface area contributed by atoms with Gasteiger partial charge in [-0.15, -0.1) is 0 Å². The smallest absolute Gasteiger partial charge is 0.222 e. The van der Waals surface area contributed by atoms with Crippen molar-refractivity contribution in [2.45, 2.75) is 52.0 Å². The highest BCUT2D eigenvalue weighted by atomic mass is 16.3. The van der Waals surface area contributed by atoms with Crippen molar-refractivity contribution in [2.24, 2.45) is 5.92 Å². The zero-order valence-corrected chi connectivity index (χ0v) is 12.8. The molecule has 112 valence electrons. The van der Waals surface area contributed by atoms with E-state index in [4.69, 9.17) is 5.11 Å². The van der Waals surface area contributed by atoms with Gasteiger partial charge in [-0.05, 0) is 52.5 Å². The molecule has 0 aromatic rings. The van der Waals surface area contributed by atoms with Crippen LogP contribution in [0, 0.1) is 5.92 Å². The number of piperidine rings is 1. The highest BCUT2D eigenvalue weighted by Crippen LogP contribution is 2.19. The molecule has 4 nitrogen and oxygen atoms in total. The van der Waals surface area contributed by atoms with Crippen LogP contribution < -0.4 is 0 Å². The number of aliphatic hydroxyl groups is 1. The van der Waals surface area contributed by atoms with Gasteiger partial charge in [-0.2, -0.15) is 0 Å². The first-order valence-electron chi connectivity index (χ1n) is 7.63. The monoisotopic (exact) mass is 270 g/mol. The first-order chi connectivity index (χ1) is 9.04. The van der Waals surface area contributed by atoms with Crippen LogP contribution in [0.2, 0.25) is 0 Å². The Balaban J connectivity index is 2.23. The van der Waals surface area contributed by atoms with E-state index in [2.05, 4.69) is 25.8 Å². The number of hydrogen-bond acceptors (Lipinski definition) is 3. The molecule has 0 bridgehead atoms. The van der Waals surface area contributed by atoms with Crippen LogP contribution in [-0.2, 0) is 4.79 Å². The SMILES string of the molecule is CC(C)N(C)CC1CCN(C(=O)CCCCO)CC1. The number of hydrogen-bond donors (Lipinski definition) is 1. The lowest BCUT2D eigenvalue weighted by Gasteiger charge is -2.35. The van der Waals surface area contributed by atoms with Crippen molar-refractivity contribution >= 4 is 5.91 Å². The number of carbonyl (C=O) groups is 1. The molecule has 0 aromatic heterocycles. The Kier molecular flexibility index (Phi) is 7.39. The summed E-state index contributed by atoms with van der Waals surface area (Å²) in [5.41, 5.74) is 0. The van der Waals surface area contributed by atoms with E-state index in [9.17, 15) is 4.79 Å². The van der Waals surface area contributed by atoms with Crippen LogP contribution >= 0.6 is 0 Å². The minimum absolute atomic E-state index is 0.191. The molecule has 1 saturated heterocycles. The van der Waals surface area contributed by atoms with Crippen LogP contribution in [0.5, 0.6) is 0 Å². The standard InChI is InChI=1S/C15H30N2O2/c1-13(2)16(3)12-14-7-9-17(10-8-14)15(19)6-4-5-11-18/h13-14,18H,4-12H2,1-3H3. The number of aliphatic hydroxyl groups excluding tert-OH is 1. The van der Waals surface area contributed by atoms with E-state index in [1.54, 1.807) is 0 Å². The van der Waals surface area contributed by atoms with Crippen molar-refractivity contribution in [3.05, 3.63) is 0 Å². The summed E-state index contributed by atoms with van der Waals surface area (Å²) >= 11 is 0. The summed E-state index contributed by atoms with van der Waals surface area (Å²) in [6.07, 6.45) is 4.40. The molecular formula is C15H30N2O2. The molecule has 0 aliphatic carbocycles. The molecule has 1 amide bonds. The van der Waals surface area contributed by atoms with Gasteiger partial charge in [-0.3, -0.25) is 4.79 Å². The molecule has 1 heterocycles. The summed E-state index contributed by atoms with van der Waals surface area (Å²) in [6.45, 7) is 7.60. The molecule has 0 atom stereocenters. The number of carbonyl (C=O) groups excluding carboxylic acids is 1. The van der Waals surface area contributed by atoms with Crippen LogP contribution in [0.1, 0.15) is 46.0 Å². The molecule has 19 heavy (non-hydrogen) atoms. The maximum absolute atomic E-state index is 11.9. The molecule has 4 heteroatoms. The van der Waals surface area contributed by atoms with Crippen molar-refractivity contribution in [3.8, 4) is 0 Å². The quantitative estimate of drug-likeness (QED) is 0.717. The summed E-state index contributed by atoms with van der Waals surface area (Å²) in [6, 6.07) is 0.596. The largest absolute Gasteiger partial charge is 0.396 e. The fourth-order valence-corrected chi connectivity index (χ4v) is 2.53. The Labute approximate surface area is 117 Å². The average molecular weight is 270 g/mol. The molecule has 1 fully saturated rings. The molecule has 0 radical (unpaired) electrons. The maximum atomic E-state index is 11.9. The Morgan fingerprint density at radius 1 is 1.32 bits per heavy atom. The normalized spacial score (nSPS) is 17.5. The van der Waals surface area contributed by atoms with Crippen molar-refractivity contribution in [3.63, 3.8) is 0 Å². The van der Waals surface area contributed by atoms with Gasteiger partial charge in [0.25, 0.3) is 0 Å². The van der Waals surface area contributed by atoms with Crippen LogP contribution in [0.25, 0.3) is 0 Å². The van der Waals surface area contributed by atoms with Gasteiger partial charge >= 0.3 is 0 Å². The number of rotatable bonds is 7. The fraction of sp³-hybridized carbons (Fsp3) is 0.933. The second-order valence-electron chi connectivity index (χ2n) is 6.04. The van der Waals surface area contributed by atoms with E-state index in [0.29, 0.717) is 12.5 Å². The van der Waals surface area contributed by atoms with Crippen LogP contribution in [-0.4, -0.2) is 60.1 Å². The Bertz CT molecular complexity index is 261. The van der Waals surface area contributed by atoms with Gasteiger partial charge in [0.15, 0.2) is 0 Å². The summed E-state index contributed by atoms with van der Waals surface area (Å²) in [5.74, 6) is 0.998. The van der Waals surface area contributed by atoms with E-state index >= 15 is 0 Å². The summed E-state index contributed by atoms with van der Waals surface area (Å²) in [7, 11) is 2.18. The van der Waals surface area contributed by atoms with Crippen LogP contribution in [0.3, 0.4) is 0 Å². The third-order valence-electron chi connectivity index (χ3n) is 4.19. The Morgan fingerprint density at radius 2 is 1.95 bits per heavy atom. The predicted molar refractivity (Wildman–Crippen MR) is 78.0 cm³/mol. The zero-order chi connectivity index (χ0) is 14.3. The Morgan fingerprint density at radius 3 is 2.47 bits per heavy atom. The average Bonchev–Trinajstić information content (AvgIpc) is 2.39. The first-order valence-corrected chi connectivity index (χ1v) is 7.63. The third kappa shape index (κ3) is 5.91. The molecule has 1 rings (SSSR count). The van der Waals surface area contributed by atoms with Gasteiger partial charge in [-0.25, -0.2) is 0 Å². The lowest BCUT2D eigenvalue weighted by atomic mass is 9.95. The van der Waals surface area contributed by atoms with E-state index in [-0.39, 0.29) is 12.5 Å². The number of amides is 1. The lowest BCUT2D eigenvalue weighted by molar-refractivity contribution is -0.132. The summed E-state index contributed by atoms with van der Waals surface area (Å²) in [5, 5.41) is 8.72. The third-order valence-corrected chi connectivity index (χ3v) is 4.19. The molecular weight excluding hydrogens is 240 g/mol. The van der Waals surface area contributed by atoms with Gasteiger partial charge in [0.1, 0.15) is 0 Å². The Hall–Kier alpha value is -0.610. The molecule has 0 saturated carbocycles. The van der Waals surface area contributed by atoms with Gasteiger partial charge in [-0.1, -0.05) is 0 Å². The van der Waals surface area contributed by atoms with Gasteiger partial charge < -0.3 is 14.9 Å². The van der Waals surface area contributed by atoms with Crippen molar-refractivity contribution in [1.29, 1.82) is 0 Å². The summed E-state index contributed by atoms with van der Waals surface area (Å²) in [4.78, 5) is 16.3. The molecule has 1 N–H and O–H groups in total. The molecule has 0 aromatic carbocycles. The molecule has 1 aliphatic rings. The number of likely N-dealkylation sites (tertiary alicyclic amines) is 1. The van der Waals surface area contributed by atoms with E-state index in [1.807, 2.05) is 4.90 Å². The fourth-order valence-electron chi connectivity index (χ4n) is 2.53. The highest BCUT2D eigenvalue weighted by molar-refractivity contribution is 5.76. The molecule has 0 unspecified atom stereocenters. The number of unbranched alkanes of at least 4 members (excludes halogenated alkanes) is 1. The van der Waals surface area contributed by atoms with Gasteiger partial charge in [0.2, 0.25) is 5.91 Å². The molecule has 0 spiro atoms. The minimum atomic E-state index is 0.191. The van der Waals surface area contributed by atoms with Gasteiger partial charge in [0.05, 0.1) is 0 Å². The maximum Gasteiger partial charge on any atom is 0.222 e. The second kappa shape index (κ2) is 8.54. The van der Waals surface area contributed by atoms with E-state index < -0.39 is 0 Å². The predicted octanol–water partition coefficient (Wildman–Crippen LogP) is 1.73. The number of nitrogens with zero attached hydrogens (tertiary/aromatic N) is 2. The van der Waals surface area contributed by atoms with E-state index in [1.165, 1.54) is 0 Å². The molecule has 1 aliphatic heterocycles. The second-order valence-corrected chi connectivity index (χ2v) is 6.04. The first kappa shape index (κ1) is 16.4. The van der Waals surface area contributed by atoms with Crippen LogP contribution in [0.15, 0.2) is 0 Å². The topological polar surface area (TPSA) is 43.8 Å². The summed E-state index contributed by atoms with van der Waals surface area (Å²) < 4.78 is 0. The van der Waals surface area contributed by atoms with Gasteiger partial charge in [0, 0.05) is 38.7 Å². The van der Waals surface area contributed by atoms with E-state index in [0.717, 1.165) is 51.2 Å².